The number of aliphatic carboxylic acids is 1. The average molecular weight is 451 g/mol. The minimum absolute atomic E-state index is 0.0000746. The molecule has 3 saturated carbocycles. The van der Waals surface area contributed by atoms with E-state index in [4.69, 9.17) is 0 Å². The molecule has 6 atom stereocenters. The molecular weight excluding hydrogens is 412 g/mol. The first-order valence-electron chi connectivity index (χ1n) is 12.6. The zero-order valence-electron chi connectivity index (χ0n) is 21.0. The number of ketones is 1. The highest BCUT2D eigenvalue weighted by Crippen LogP contribution is 2.75. The maximum atomic E-state index is 12.6. The standard InChI is InChI=1S/C29H38O4/c1-17-18-7-8-21-27(4,19(18)15-20(30)23(17)31)12-14-29(6)22-16-26(3,24(32)33)10-9-25(22,2)11-13-28(21,29)5/h7-8,15,22,31H,9-14,16H2,1-6H3,(H,32,33)/t22-,25-,26+,27+,28+,29+/m1/s1. The SMILES string of the molecule is CC1=C(O)C(=O)C=C2C1=CC=C1[C@@]2(C)CC[C@@]2(C)[C@@H]3C[C@@](C)(C(=O)O)CC[C@]3(C)CC[C@@]12C. The van der Waals surface area contributed by atoms with Crippen LogP contribution >= 0.6 is 0 Å². The van der Waals surface area contributed by atoms with E-state index in [0.717, 1.165) is 56.1 Å². The fourth-order valence-electron chi connectivity index (χ4n) is 8.65. The zero-order valence-corrected chi connectivity index (χ0v) is 21.0. The number of fused-ring (bicyclic) bond motifs is 7. The molecule has 0 amide bonds. The molecule has 0 unspecified atom stereocenters. The molecule has 2 N–H and O–H groups in total. The summed E-state index contributed by atoms with van der Waals surface area (Å²) in [7, 11) is 0. The van der Waals surface area contributed by atoms with Crippen LogP contribution < -0.4 is 0 Å². The Morgan fingerprint density at radius 3 is 2.30 bits per heavy atom. The number of hydrogen-bond acceptors (Lipinski definition) is 3. The lowest BCUT2D eigenvalue weighted by atomic mass is 9.34. The van der Waals surface area contributed by atoms with E-state index in [0.29, 0.717) is 11.5 Å². The van der Waals surface area contributed by atoms with Crippen molar-refractivity contribution in [1.29, 1.82) is 0 Å². The van der Waals surface area contributed by atoms with E-state index in [-0.39, 0.29) is 33.2 Å². The number of hydrogen-bond donors (Lipinski definition) is 2. The van der Waals surface area contributed by atoms with Gasteiger partial charge in [-0.2, -0.15) is 0 Å². The Bertz CT molecular complexity index is 1100. The van der Waals surface area contributed by atoms with E-state index in [1.54, 1.807) is 6.08 Å². The molecule has 0 aromatic rings. The molecule has 0 aromatic heterocycles. The number of allylic oxidation sites excluding steroid dienone is 7. The van der Waals surface area contributed by atoms with Crippen LogP contribution in [0.4, 0.5) is 0 Å². The second-order valence-corrected chi connectivity index (χ2v) is 12.9. The first-order chi connectivity index (χ1) is 15.2. The van der Waals surface area contributed by atoms with E-state index in [1.165, 1.54) is 5.57 Å². The van der Waals surface area contributed by atoms with Crippen molar-refractivity contribution in [3.05, 3.63) is 46.3 Å². The Kier molecular flexibility index (Phi) is 4.48. The van der Waals surface area contributed by atoms with Crippen molar-refractivity contribution in [3.63, 3.8) is 0 Å². The summed E-state index contributed by atoms with van der Waals surface area (Å²) >= 11 is 0. The summed E-state index contributed by atoms with van der Waals surface area (Å²) in [6, 6.07) is 0. The molecule has 4 heteroatoms. The molecule has 5 rings (SSSR count). The number of rotatable bonds is 1. The smallest absolute Gasteiger partial charge is 0.309 e. The van der Waals surface area contributed by atoms with Gasteiger partial charge in [-0.25, -0.2) is 0 Å². The summed E-state index contributed by atoms with van der Waals surface area (Å²) in [4.78, 5) is 24.8. The summed E-state index contributed by atoms with van der Waals surface area (Å²) < 4.78 is 0. The topological polar surface area (TPSA) is 74.6 Å². The molecule has 0 bridgehead atoms. The van der Waals surface area contributed by atoms with Crippen molar-refractivity contribution in [2.24, 2.45) is 33.0 Å². The number of carboxylic acid groups (broad SMARTS) is 1. The monoisotopic (exact) mass is 450 g/mol. The van der Waals surface area contributed by atoms with Gasteiger partial charge in [0.1, 0.15) is 0 Å². The third kappa shape index (κ3) is 2.64. The van der Waals surface area contributed by atoms with Crippen LogP contribution in [0.2, 0.25) is 0 Å². The molecule has 0 heterocycles. The normalized spacial score (nSPS) is 46.8. The summed E-state index contributed by atoms with van der Waals surface area (Å²) in [5.74, 6) is -0.734. The molecule has 4 nitrogen and oxygen atoms in total. The average Bonchev–Trinajstić information content (AvgIpc) is 2.75. The fraction of sp³-hybridized carbons (Fsp3) is 0.655. The Morgan fingerprint density at radius 2 is 1.64 bits per heavy atom. The minimum Gasteiger partial charge on any atom is -0.504 e. The highest BCUT2D eigenvalue weighted by atomic mass is 16.4. The van der Waals surface area contributed by atoms with Gasteiger partial charge in [-0.3, -0.25) is 9.59 Å². The van der Waals surface area contributed by atoms with Gasteiger partial charge in [-0.05, 0) is 98.2 Å². The summed E-state index contributed by atoms with van der Waals surface area (Å²) in [6.45, 7) is 13.3. The maximum absolute atomic E-state index is 12.6. The second kappa shape index (κ2) is 6.52. The number of aliphatic hydroxyl groups excluding tert-OH is 1. The van der Waals surface area contributed by atoms with Crippen molar-refractivity contribution < 1.29 is 19.8 Å². The van der Waals surface area contributed by atoms with Crippen LogP contribution in [0, 0.1) is 33.0 Å². The van der Waals surface area contributed by atoms with Gasteiger partial charge in [-0.1, -0.05) is 45.4 Å². The zero-order chi connectivity index (χ0) is 24.2. The summed E-state index contributed by atoms with van der Waals surface area (Å²) in [6.07, 6.45) is 12.7. The van der Waals surface area contributed by atoms with Crippen LogP contribution in [0.3, 0.4) is 0 Å². The lowest BCUT2D eigenvalue weighted by Crippen LogP contribution is -2.62. The molecule has 178 valence electrons. The molecule has 3 fully saturated rings. The van der Waals surface area contributed by atoms with E-state index in [9.17, 15) is 19.8 Å². The molecule has 0 spiro atoms. The quantitative estimate of drug-likeness (QED) is 0.466. The summed E-state index contributed by atoms with van der Waals surface area (Å²) in [5.41, 5.74) is 3.33. The third-order valence-electron chi connectivity index (χ3n) is 11.4. The van der Waals surface area contributed by atoms with Crippen LogP contribution in [0.15, 0.2) is 46.3 Å². The molecule has 0 radical (unpaired) electrons. The first kappa shape index (κ1) is 22.7. The van der Waals surface area contributed by atoms with Crippen molar-refractivity contribution in [1.82, 2.24) is 0 Å². The Labute approximate surface area is 197 Å². The largest absolute Gasteiger partial charge is 0.504 e. The number of aliphatic hydroxyl groups is 1. The second-order valence-electron chi connectivity index (χ2n) is 12.9. The van der Waals surface area contributed by atoms with Crippen molar-refractivity contribution in [3.8, 4) is 0 Å². The van der Waals surface area contributed by atoms with Gasteiger partial charge in [0.25, 0.3) is 0 Å². The van der Waals surface area contributed by atoms with Gasteiger partial charge in [0.2, 0.25) is 5.78 Å². The molecule has 5 aliphatic carbocycles. The van der Waals surface area contributed by atoms with Gasteiger partial charge < -0.3 is 10.2 Å². The minimum atomic E-state index is -0.655. The summed E-state index contributed by atoms with van der Waals surface area (Å²) in [5, 5.41) is 20.3. The van der Waals surface area contributed by atoms with Gasteiger partial charge >= 0.3 is 5.97 Å². The van der Waals surface area contributed by atoms with E-state index < -0.39 is 11.4 Å². The van der Waals surface area contributed by atoms with Crippen molar-refractivity contribution in [2.45, 2.75) is 86.5 Å². The van der Waals surface area contributed by atoms with E-state index >= 15 is 0 Å². The molecule has 0 saturated heterocycles. The molecule has 33 heavy (non-hydrogen) atoms. The van der Waals surface area contributed by atoms with Gasteiger partial charge in [-0.15, -0.1) is 0 Å². The molecule has 0 aromatic carbocycles. The van der Waals surface area contributed by atoms with E-state index in [1.807, 2.05) is 13.8 Å². The lowest BCUT2D eigenvalue weighted by molar-refractivity contribution is -0.178. The van der Waals surface area contributed by atoms with Gasteiger partial charge in [0, 0.05) is 11.0 Å². The van der Waals surface area contributed by atoms with Crippen LogP contribution in [-0.4, -0.2) is 22.0 Å². The molecule has 5 aliphatic rings. The fourth-order valence-corrected chi connectivity index (χ4v) is 8.65. The van der Waals surface area contributed by atoms with Crippen molar-refractivity contribution >= 4 is 11.8 Å². The van der Waals surface area contributed by atoms with Crippen LogP contribution in [0.25, 0.3) is 0 Å². The van der Waals surface area contributed by atoms with Crippen LogP contribution in [0.5, 0.6) is 0 Å². The maximum Gasteiger partial charge on any atom is 0.309 e. The number of carbonyl (C=O) groups is 2. The Morgan fingerprint density at radius 1 is 0.970 bits per heavy atom. The predicted molar refractivity (Wildman–Crippen MR) is 129 cm³/mol. The van der Waals surface area contributed by atoms with Crippen LogP contribution in [-0.2, 0) is 9.59 Å². The highest BCUT2D eigenvalue weighted by molar-refractivity contribution is 6.06. The van der Waals surface area contributed by atoms with Gasteiger partial charge in [0.15, 0.2) is 5.76 Å². The molecular formula is C29H38O4. The predicted octanol–water partition coefficient (Wildman–Crippen LogP) is 6.70. The highest BCUT2D eigenvalue weighted by Gasteiger charge is 2.67. The lowest BCUT2D eigenvalue weighted by Gasteiger charge is -2.70. The Hall–Kier alpha value is -2.10. The third-order valence-corrected chi connectivity index (χ3v) is 11.4. The van der Waals surface area contributed by atoms with E-state index in [2.05, 4.69) is 39.8 Å². The Balaban J connectivity index is 1.64. The number of carbonyl (C=O) groups excluding carboxylic acids is 1. The van der Waals surface area contributed by atoms with Crippen LogP contribution in [0.1, 0.15) is 86.5 Å². The molecule has 0 aliphatic heterocycles. The van der Waals surface area contributed by atoms with Crippen molar-refractivity contribution in [2.75, 3.05) is 0 Å². The number of carboxylic acids is 1. The van der Waals surface area contributed by atoms with Gasteiger partial charge in [0.05, 0.1) is 5.41 Å². The first-order valence-corrected chi connectivity index (χ1v) is 12.6.